The maximum absolute atomic E-state index is 5.91. The number of nitrogen functional groups attached to an aromatic ring is 1. The van der Waals surface area contributed by atoms with Crippen LogP contribution in [0, 0.1) is 5.92 Å². The molecule has 0 unspecified atom stereocenters. The van der Waals surface area contributed by atoms with Gasteiger partial charge in [-0.05, 0) is 58.8 Å². The zero-order valence-corrected chi connectivity index (χ0v) is 12.3. The van der Waals surface area contributed by atoms with Crippen LogP contribution in [0.5, 0.6) is 0 Å². The molecular formula is C14H21BrN2. The first-order valence-electron chi connectivity index (χ1n) is 6.44. The lowest BCUT2D eigenvalue weighted by Gasteiger charge is -2.35. The molecule has 2 nitrogen and oxygen atoms in total. The van der Waals surface area contributed by atoms with Gasteiger partial charge in [-0.3, -0.25) is 0 Å². The molecule has 1 saturated heterocycles. The lowest BCUT2D eigenvalue weighted by atomic mass is 9.98. The third-order valence-electron chi connectivity index (χ3n) is 3.52. The number of hydrogen-bond donors (Lipinski definition) is 1. The Morgan fingerprint density at radius 1 is 1.47 bits per heavy atom. The Labute approximate surface area is 112 Å². The van der Waals surface area contributed by atoms with Gasteiger partial charge in [-0.1, -0.05) is 13.8 Å². The van der Waals surface area contributed by atoms with E-state index in [1.54, 1.807) is 0 Å². The Hall–Kier alpha value is -0.700. The Morgan fingerprint density at radius 3 is 2.88 bits per heavy atom. The number of anilines is 2. The number of nitrogens with zero attached hydrogens (tertiary/aromatic N) is 1. The predicted octanol–water partition coefficient (Wildman–Crippen LogP) is 3.83. The molecule has 1 atom stereocenters. The second-order valence-electron chi connectivity index (χ2n) is 5.06. The molecule has 1 aliphatic heterocycles. The molecule has 0 saturated carbocycles. The number of piperidine rings is 1. The fourth-order valence-corrected chi connectivity index (χ4v) is 3.47. The van der Waals surface area contributed by atoms with Crippen molar-refractivity contribution in [1.29, 1.82) is 0 Å². The van der Waals surface area contributed by atoms with Crippen LogP contribution in [0.4, 0.5) is 11.4 Å². The van der Waals surface area contributed by atoms with Crippen LogP contribution < -0.4 is 10.6 Å². The van der Waals surface area contributed by atoms with E-state index in [2.05, 4.69) is 40.7 Å². The second-order valence-corrected chi connectivity index (χ2v) is 5.91. The summed E-state index contributed by atoms with van der Waals surface area (Å²) in [7, 11) is 0. The van der Waals surface area contributed by atoms with Gasteiger partial charge in [0.2, 0.25) is 0 Å². The van der Waals surface area contributed by atoms with E-state index >= 15 is 0 Å². The van der Waals surface area contributed by atoms with Crippen LogP contribution in [0.3, 0.4) is 0 Å². The molecule has 0 radical (unpaired) electrons. The number of aryl methyl sites for hydroxylation is 1. The summed E-state index contributed by atoms with van der Waals surface area (Å²) >= 11 is 3.67. The zero-order valence-electron chi connectivity index (χ0n) is 10.7. The summed E-state index contributed by atoms with van der Waals surface area (Å²) in [6, 6.07) is 4.13. The molecule has 1 fully saturated rings. The first-order chi connectivity index (χ1) is 8.11. The molecule has 1 aliphatic rings. The summed E-state index contributed by atoms with van der Waals surface area (Å²) in [6.07, 6.45) is 3.68. The third-order valence-corrected chi connectivity index (χ3v) is 4.12. The Balaban J connectivity index is 2.36. The summed E-state index contributed by atoms with van der Waals surface area (Å²) in [5.74, 6) is 0.790. The maximum atomic E-state index is 5.91. The van der Waals surface area contributed by atoms with E-state index in [1.807, 2.05) is 6.07 Å². The Morgan fingerprint density at radius 2 is 2.24 bits per heavy atom. The monoisotopic (exact) mass is 296 g/mol. The number of hydrogen-bond acceptors (Lipinski definition) is 2. The molecule has 0 aliphatic carbocycles. The predicted molar refractivity (Wildman–Crippen MR) is 78.5 cm³/mol. The van der Waals surface area contributed by atoms with E-state index in [-0.39, 0.29) is 0 Å². The third kappa shape index (κ3) is 2.76. The van der Waals surface area contributed by atoms with E-state index in [4.69, 9.17) is 5.73 Å². The van der Waals surface area contributed by atoms with E-state index in [0.29, 0.717) is 0 Å². The molecule has 2 rings (SSSR count). The highest BCUT2D eigenvalue weighted by atomic mass is 79.9. The molecule has 1 aromatic rings. The summed E-state index contributed by atoms with van der Waals surface area (Å²) in [4.78, 5) is 2.51. The number of nitrogens with two attached hydrogens (primary N) is 1. The SMILES string of the molecule is CCc1cc(N)cc(Br)c1N1CCC[C@H](C)C1. The van der Waals surface area contributed by atoms with Crippen molar-refractivity contribution < 1.29 is 0 Å². The molecule has 1 aromatic carbocycles. The van der Waals surface area contributed by atoms with Crippen LogP contribution in [0.1, 0.15) is 32.3 Å². The molecule has 17 heavy (non-hydrogen) atoms. The molecule has 0 aromatic heterocycles. The number of halogens is 1. The van der Waals surface area contributed by atoms with Crippen LogP contribution in [0.2, 0.25) is 0 Å². The van der Waals surface area contributed by atoms with Gasteiger partial charge < -0.3 is 10.6 Å². The van der Waals surface area contributed by atoms with Crippen molar-refractivity contribution in [1.82, 2.24) is 0 Å². The summed E-state index contributed by atoms with van der Waals surface area (Å²) in [6.45, 7) is 6.86. The normalized spacial score (nSPS) is 20.6. The van der Waals surface area contributed by atoms with Crippen molar-refractivity contribution >= 4 is 27.3 Å². The van der Waals surface area contributed by atoms with Crippen molar-refractivity contribution in [3.8, 4) is 0 Å². The maximum Gasteiger partial charge on any atom is 0.0544 e. The average Bonchev–Trinajstić information content (AvgIpc) is 2.27. The largest absolute Gasteiger partial charge is 0.399 e. The highest BCUT2D eigenvalue weighted by Gasteiger charge is 2.20. The fourth-order valence-electron chi connectivity index (χ4n) is 2.70. The van der Waals surface area contributed by atoms with Crippen LogP contribution in [-0.2, 0) is 6.42 Å². The average molecular weight is 297 g/mol. The van der Waals surface area contributed by atoms with Crippen molar-refractivity contribution in [3.63, 3.8) is 0 Å². The highest BCUT2D eigenvalue weighted by molar-refractivity contribution is 9.10. The topological polar surface area (TPSA) is 29.3 Å². The summed E-state index contributed by atoms with van der Waals surface area (Å²) < 4.78 is 1.14. The standard InChI is InChI=1S/C14H21BrN2/c1-3-11-7-12(16)8-13(15)14(11)17-6-4-5-10(2)9-17/h7-8,10H,3-6,9,16H2,1-2H3/t10-/m0/s1. The van der Waals surface area contributed by atoms with Crippen LogP contribution in [0.15, 0.2) is 16.6 Å². The van der Waals surface area contributed by atoms with E-state index in [9.17, 15) is 0 Å². The molecule has 2 N–H and O–H groups in total. The van der Waals surface area contributed by atoms with E-state index in [1.165, 1.54) is 30.6 Å². The minimum atomic E-state index is 0.790. The molecule has 0 spiro atoms. The van der Waals surface area contributed by atoms with Crippen LogP contribution in [-0.4, -0.2) is 13.1 Å². The van der Waals surface area contributed by atoms with Crippen molar-refractivity contribution in [2.45, 2.75) is 33.1 Å². The van der Waals surface area contributed by atoms with Gasteiger partial charge in [-0.15, -0.1) is 0 Å². The molecule has 1 heterocycles. The Bertz CT molecular complexity index is 403. The van der Waals surface area contributed by atoms with Gasteiger partial charge in [-0.2, -0.15) is 0 Å². The lowest BCUT2D eigenvalue weighted by molar-refractivity contribution is 0.446. The van der Waals surface area contributed by atoms with Gasteiger partial charge in [0.05, 0.1) is 5.69 Å². The van der Waals surface area contributed by atoms with Crippen molar-refractivity contribution in [3.05, 3.63) is 22.2 Å². The van der Waals surface area contributed by atoms with Gasteiger partial charge in [0.25, 0.3) is 0 Å². The summed E-state index contributed by atoms with van der Waals surface area (Å²) in [5, 5.41) is 0. The van der Waals surface area contributed by atoms with Crippen molar-refractivity contribution in [2.24, 2.45) is 5.92 Å². The van der Waals surface area contributed by atoms with Gasteiger partial charge in [0, 0.05) is 23.2 Å². The quantitative estimate of drug-likeness (QED) is 0.841. The minimum absolute atomic E-state index is 0.790. The van der Waals surface area contributed by atoms with Gasteiger partial charge in [0.1, 0.15) is 0 Å². The van der Waals surface area contributed by atoms with Crippen LogP contribution >= 0.6 is 15.9 Å². The van der Waals surface area contributed by atoms with Crippen molar-refractivity contribution in [2.75, 3.05) is 23.7 Å². The second kappa shape index (κ2) is 5.30. The van der Waals surface area contributed by atoms with E-state index in [0.717, 1.165) is 29.0 Å². The summed E-state index contributed by atoms with van der Waals surface area (Å²) in [5.41, 5.74) is 9.47. The van der Waals surface area contributed by atoms with Gasteiger partial charge in [0.15, 0.2) is 0 Å². The zero-order chi connectivity index (χ0) is 12.4. The number of rotatable bonds is 2. The smallest absolute Gasteiger partial charge is 0.0544 e. The molecule has 94 valence electrons. The molecular weight excluding hydrogens is 276 g/mol. The van der Waals surface area contributed by atoms with E-state index < -0.39 is 0 Å². The molecule has 0 bridgehead atoms. The minimum Gasteiger partial charge on any atom is -0.399 e. The highest BCUT2D eigenvalue weighted by Crippen LogP contribution is 2.35. The van der Waals surface area contributed by atoms with Gasteiger partial charge >= 0.3 is 0 Å². The van der Waals surface area contributed by atoms with Crippen LogP contribution in [0.25, 0.3) is 0 Å². The molecule has 0 amide bonds. The Kier molecular flexibility index (Phi) is 3.97. The number of benzene rings is 1. The first-order valence-corrected chi connectivity index (χ1v) is 7.24. The first kappa shape index (κ1) is 12.7. The molecule has 3 heteroatoms. The lowest BCUT2D eigenvalue weighted by Crippen LogP contribution is -2.35. The van der Waals surface area contributed by atoms with Gasteiger partial charge in [-0.25, -0.2) is 0 Å². The fraction of sp³-hybridized carbons (Fsp3) is 0.571.